The summed E-state index contributed by atoms with van der Waals surface area (Å²) in [7, 11) is 1.86. The van der Waals surface area contributed by atoms with E-state index in [-0.39, 0.29) is 11.1 Å². The normalized spacial score (nSPS) is 20.4. The Kier molecular flexibility index (Phi) is 6.84. The average molecular weight is 448 g/mol. The topological polar surface area (TPSA) is 49.0 Å². The predicted octanol–water partition coefficient (Wildman–Crippen LogP) is 6.90. The molecule has 0 unspecified atom stereocenters. The van der Waals surface area contributed by atoms with Gasteiger partial charge in [0, 0.05) is 11.1 Å². The van der Waals surface area contributed by atoms with Gasteiger partial charge in [0.2, 0.25) is 0 Å². The first-order valence-corrected chi connectivity index (χ1v) is 12.6. The monoisotopic (exact) mass is 448 g/mol. The largest absolute Gasteiger partial charge is 0.495 e. The Hall–Kier alpha value is -1.58. The molecule has 0 aliphatic carbocycles. The number of hydrogen-bond acceptors (Lipinski definition) is 6. The summed E-state index contributed by atoms with van der Waals surface area (Å²) in [6, 6.07) is 16.2. The predicted molar refractivity (Wildman–Crippen MR) is 130 cm³/mol. The molecule has 3 rings (SSSR count). The summed E-state index contributed by atoms with van der Waals surface area (Å²) in [5.41, 5.74) is 1.98. The maximum Gasteiger partial charge on any atom is 0.160 e. The van der Waals surface area contributed by atoms with Crippen LogP contribution in [0.2, 0.25) is 0 Å². The first kappa shape index (κ1) is 23.1. The highest BCUT2D eigenvalue weighted by Gasteiger charge is 2.57. The Morgan fingerprint density at radius 3 is 1.27 bits per heavy atom. The van der Waals surface area contributed by atoms with E-state index in [0.717, 1.165) is 22.9 Å². The van der Waals surface area contributed by atoms with Crippen molar-refractivity contribution in [2.24, 2.45) is 0 Å². The molecule has 1 aliphatic heterocycles. The summed E-state index contributed by atoms with van der Waals surface area (Å²) < 4.78 is 16.3. The minimum absolute atomic E-state index is 0.0246. The van der Waals surface area contributed by atoms with Crippen LogP contribution in [0, 0.1) is 0 Å². The zero-order valence-corrected chi connectivity index (χ0v) is 21.0. The van der Waals surface area contributed by atoms with Gasteiger partial charge in [0.25, 0.3) is 0 Å². The van der Waals surface area contributed by atoms with Crippen molar-refractivity contribution in [2.45, 2.75) is 52.6 Å². The molecule has 2 aromatic carbocycles. The lowest BCUT2D eigenvalue weighted by atomic mass is 10.1. The molecule has 0 atom stereocenters. The van der Waals surface area contributed by atoms with Gasteiger partial charge in [-0.25, -0.2) is 0 Å². The number of nitrogens with one attached hydrogen (secondary N) is 2. The molecule has 0 amide bonds. The second kappa shape index (κ2) is 8.88. The third kappa shape index (κ3) is 4.68. The summed E-state index contributed by atoms with van der Waals surface area (Å²) in [5, 5.41) is 7.58. The summed E-state index contributed by atoms with van der Waals surface area (Å²) in [5.74, 6) is 1.72. The second-order valence-corrected chi connectivity index (χ2v) is 13.0. The molecular formula is C22H34N4O2P2. The Labute approximate surface area is 183 Å². The SMILES string of the molecule is COc1ccccc1NP1N(C(C)(C)C)P(Nc2ccccc2OC)N1C(C)(C)C. The lowest BCUT2D eigenvalue weighted by Crippen LogP contribution is -2.55. The summed E-state index contributed by atoms with van der Waals surface area (Å²) in [4.78, 5) is 0. The molecule has 6 nitrogen and oxygen atoms in total. The molecule has 1 aliphatic rings. The van der Waals surface area contributed by atoms with Crippen LogP contribution in [0.25, 0.3) is 0 Å². The van der Waals surface area contributed by atoms with Crippen molar-refractivity contribution < 1.29 is 9.47 Å². The lowest BCUT2D eigenvalue weighted by molar-refractivity contribution is 0.286. The fraction of sp³-hybridized carbons (Fsp3) is 0.455. The molecule has 0 bridgehead atoms. The minimum Gasteiger partial charge on any atom is -0.495 e. The number of methoxy groups -OCH3 is 2. The van der Waals surface area contributed by atoms with Crippen molar-refractivity contribution in [3.8, 4) is 11.5 Å². The minimum atomic E-state index is -0.786. The number of para-hydroxylation sites is 4. The molecule has 2 N–H and O–H groups in total. The third-order valence-corrected chi connectivity index (χ3v) is 11.3. The van der Waals surface area contributed by atoms with E-state index in [4.69, 9.17) is 9.47 Å². The Bertz CT molecular complexity index is 787. The first-order valence-electron chi connectivity index (χ1n) is 10.1. The summed E-state index contributed by atoms with van der Waals surface area (Å²) in [6.45, 7) is 13.6. The van der Waals surface area contributed by atoms with Gasteiger partial charge in [-0.3, -0.25) is 0 Å². The van der Waals surface area contributed by atoms with Crippen LogP contribution in [-0.2, 0) is 0 Å². The van der Waals surface area contributed by atoms with Gasteiger partial charge in [-0.2, -0.15) is 8.88 Å². The maximum atomic E-state index is 5.59. The molecule has 164 valence electrons. The van der Waals surface area contributed by atoms with E-state index in [0.29, 0.717) is 0 Å². The van der Waals surface area contributed by atoms with Crippen molar-refractivity contribution in [1.82, 2.24) is 8.88 Å². The van der Waals surface area contributed by atoms with Gasteiger partial charge in [0.1, 0.15) is 11.5 Å². The number of hydrogen-bond donors (Lipinski definition) is 2. The molecule has 0 aromatic heterocycles. The van der Waals surface area contributed by atoms with E-state index in [2.05, 4.69) is 72.7 Å². The summed E-state index contributed by atoms with van der Waals surface area (Å²) in [6.07, 6.45) is 0. The van der Waals surface area contributed by atoms with E-state index < -0.39 is 16.7 Å². The number of nitrogens with zero attached hydrogens (tertiary/aromatic N) is 2. The quantitative estimate of drug-likeness (QED) is 0.469. The third-order valence-electron chi connectivity index (χ3n) is 4.57. The van der Waals surface area contributed by atoms with Crippen LogP contribution in [0.5, 0.6) is 11.5 Å². The summed E-state index contributed by atoms with van der Waals surface area (Å²) >= 11 is 0. The van der Waals surface area contributed by atoms with Gasteiger partial charge in [-0.05, 0) is 65.8 Å². The van der Waals surface area contributed by atoms with Crippen molar-refractivity contribution >= 4 is 28.1 Å². The number of benzene rings is 2. The zero-order valence-electron chi connectivity index (χ0n) is 19.2. The average Bonchev–Trinajstić information content (AvgIpc) is 2.65. The van der Waals surface area contributed by atoms with Crippen molar-refractivity contribution in [2.75, 3.05) is 24.4 Å². The number of anilines is 2. The van der Waals surface area contributed by atoms with Crippen molar-refractivity contribution in [3.63, 3.8) is 0 Å². The van der Waals surface area contributed by atoms with Crippen LogP contribution in [0.1, 0.15) is 41.5 Å². The molecule has 2 aromatic rings. The molecule has 0 radical (unpaired) electrons. The first-order chi connectivity index (χ1) is 14.1. The van der Waals surface area contributed by atoms with Gasteiger partial charge in [-0.1, -0.05) is 24.3 Å². The molecule has 1 saturated heterocycles. The fourth-order valence-electron chi connectivity index (χ4n) is 3.31. The van der Waals surface area contributed by atoms with Crippen LogP contribution < -0.4 is 19.6 Å². The molecule has 1 heterocycles. The highest BCUT2D eigenvalue weighted by atomic mass is 31.3. The van der Waals surface area contributed by atoms with Crippen LogP contribution in [-0.4, -0.2) is 34.2 Å². The van der Waals surface area contributed by atoms with Gasteiger partial charge < -0.3 is 19.6 Å². The Balaban J connectivity index is 1.97. The standard InChI is InChI=1S/C22H34N4O2P2/c1-21(2,3)25-29(23-17-13-9-11-15-19(17)27-7)26(22(4,5)6)30(25)24-18-14-10-12-16-20(18)28-8/h9-16,23-24H,1-8H3. The van der Waals surface area contributed by atoms with Crippen LogP contribution in [0.3, 0.4) is 0 Å². The van der Waals surface area contributed by atoms with Crippen molar-refractivity contribution in [3.05, 3.63) is 48.5 Å². The molecule has 0 spiro atoms. The van der Waals surface area contributed by atoms with Crippen LogP contribution in [0.4, 0.5) is 11.4 Å². The maximum absolute atomic E-state index is 5.59. The zero-order chi connectivity index (χ0) is 22.1. The second-order valence-electron chi connectivity index (χ2n) is 9.12. The van der Waals surface area contributed by atoms with Gasteiger partial charge >= 0.3 is 0 Å². The molecule has 1 fully saturated rings. The number of ether oxygens (including phenoxy) is 2. The molecular weight excluding hydrogens is 414 g/mol. The van der Waals surface area contributed by atoms with Gasteiger partial charge in [-0.15, -0.1) is 0 Å². The van der Waals surface area contributed by atoms with E-state index in [9.17, 15) is 0 Å². The van der Waals surface area contributed by atoms with Crippen molar-refractivity contribution in [1.29, 1.82) is 0 Å². The van der Waals surface area contributed by atoms with Gasteiger partial charge in [0.05, 0.1) is 25.6 Å². The van der Waals surface area contributed by atoms with E-state index >= 15 is 0 Å². The van der Waals surface area contributed by atoms with Gasteiger partial charge in [0.15, 0.2) is 16.7 Å². The lowest BCUT2D eigenvalue weighted by Gasteiger charge is -2.64. The molecule has 30 heavy (non-hydrogen) atoms. The van der Waals surface area contributed by atoms with E-state index in [1.54, 1.807) is 14.2 Å². The van der Waals surface area contributed by atoms with E-state index in [1.165, 1.54) is 0 Å². The molecule has 0 saturated carbocycles. The smallest absolute Gasteiger partial charge is 0.160 e. The fourth-order valence-corrected chi connectivity index (χ4v) is 9.34. The Morgan fingerprint density at radius 1 is 0.633 bits per heavy atom. The van der Waals surface area contributed by atoms with E-state index in [1.807, 2.05) is 36.4 Å². The Morgan fingerprint density at radius 2 is 0.967 bits per heavy atom. The highest BCUT2D eigenvalue weighted by molar-refractivity contribution is 7.84. The van der Waals surface area contributed by atoms with Crippen LogP contribution in [0.15, 0.2) is 48.5 Å². The molecule has 8 heteroatoms. The van der Waals surface area contributed by atoms with Crippen LogP contribution >= 0.6 is 16.7 Å². The number of rotatable bonds is 6. The highest BCUT2D eigenvalue weighted by Crippen LogP contribution is 2.80.